The normalized spacial score (nSPS) is 13.9. The molecule has 13 heteroatoms. The Hall–Kier alpha value is -4.20. The van der Waals surface area contributed by atoms with Gasteiger partial charge < -0.3 is 19.9 Å². The van der Waals surface area contributed by atoms with Crippen LogP contribution in [0.5, 0.6) is 0 Å². The Morgan fingerprint density at radius 3 is 2.33 bits per heavy atom. The van der Waals surface area contributed by atoms with Crippen molar-refractivity contribution in [2.24, 2.45) is 0 Å². The van der Waals surface area contributed by atoms with E-state index in [1.54, 1.807) is 13.1 Å². The molecule has 0 aliphatic heterocycles. The molecule has 0 spiro atoms. The first-order chi connectivity index (χ1) is 21.3. The first-order valence-corrected chi connectivity index (χ1v) is 14.8. The molecule has 0 bridgehead atoms. The number of rotatable bonds is 13. The molecule has 0 saturated carbocycles. The van der Waals surface area contributed by atoms with Gasteiger partial charge in [0.05, 0.1) is 31.0 Å². The Labute approximate surface area is 261 Å². The van der Waals surface area contributed by atoms with Crippen LogP contribution in [0.15, 0.2) is 67.5 Å². The van der Waals surface area contributed by atoms with E-state index in [-0.39, 0.29) is 24.1 Å². The monoisotopic (exact) mass is 625 g/mol. The molecule has 0 saturated heterocycles. The SMILES string of the molecule is CCOC(CN(C(=O)Nc1ccc(C(C)(C)C)cc1)c1cnn([C@H](C)[C@](O)(Cn2cncn2)c2ccc(F)cc2F)c1)OCC. The summed E-state index contributed by atoms with van der Waals surface area (Å²) < 4.78 is 43.2. The zero-order valence-corrected chi connectivity index (χ0v) is 26.4. The third-order valence-corrected chi connectivity index (χ3v) is 7.54. The predicted molar refractivity (Wildman–Crippen MR) is 166 cm³/mol. The lowest BCUT2D eigenvalue weighted by atomic mass is 9.86. The number of halogens is 2. The average molecular weight is 626 g/mol. The summed E-state index contributed by atoms with van der Waals surface area (Å²) in [5.41, 5.74) is -0.0545. The van der Waals surface area contributed by atoms with Crippen molar-refractivity contribution in [3.05, 3.63) is 90.3 Å². The highest BCUT2D eigenvalue weighted by Gasteiger charge is 2.41. The molecule has 2 amide bonds. The molecular formula is C32H41F2N7O4. The van der Waals surface area contributed by atoms with Crippen LogP contribution in [-0.4, -0.2) is 61.7 Å². The number of ether oxygens (including phenoxy) is 2. The summed E-state index contributed by atoms with van der Waals surface area (Å²) in [6.45, 7) is 12.2. The van der Waals surface area contributed by atoms with E-state index in [0.29, 0.717) is 30.7 Å². The van der Waals surface area contributed by atoms with Crippen LogP contribution in [-0.2, 0) is 27.0 Å². The fraction of sp³-hybridized carbons (Fsp3) is 0.438. The van der Waals surface area contributed by atoms with Crippen molar-refractivity contribution in [2.45, 2.75) is 71.4 Å². The zero-order valence-electron chi connectivity index (χ0n) is 26.4. The van der Waals surface area contributed by atoms with Gasteiger partial charge >= 0.3 is 6.03 Å². The minimum absolute atomic E-state index is 0.0312. The fourth-order valence-electron chi connectivity index (χ4n) is 4.97. The van der Waals surface area contributed by atoms with E-state index in [9.17, 15) is 14.3 Å². The van der Waals surface area contributed by atoms with Gasteiger partial charge in [0.25, 0.3) is 0 Å². The maximum absolute atomic E-state index is 15.1. The van der Waals surface area contributed by atoms with Crippen molar-refractivity contribution < 1.29 is 28.2 Å². The Kier molecular flexibility index (Phi) is 10.7. The molecule has 2 heterocycles. The Balaban J connectivity index is 1.68. The number of carbonyl (C=O) groups excluding carboxylic acids is 1. The maximum Gasteiger partial charge on any atom is 0.326 e. The summed E-state index contributed by atoms with van der Waals surface area (Å²) in [6.07, 6.45) is 4.97. The van der Waals surface area contributed by atoms with Crippen LogP contribution in [0, 0.1) is 11.6 Å². The lowest BCUT2D eigenvalue weighted by Crippen LogP contribution is -2.42. The lowest BCUT2D eigenvalue weighted by molar-refractivity contribution is -0.128. The first-order valence-electron chi connectivity index (χ1n) is 14.8. The molecule has 11 nitrogen and oxygen atoms in total. The second-order valence-electron chi connectivity index (χ2n) is 11.7. The van der Waals surface area contributed by atoms with Gasteiger partial charge in [-0.05, 0) is 49.9 Å². The summed E-state index contributed by atoms with van der Waals surface area (Å²) in [4.78, 5) is 19.1. The summed E-state index contributed by atoms with van der Waals surface area (Å²) in [5, 5.41) is 23.5. The van der Waals surface area contributed by atoms with Gasteiger partial charge in [-0.25, -0.2) is 23.2 Å². The number of aliphatic hydroxyl groups is 1. The summed E-state index contributed by atoms with van der Waals surface area (Å²) in [5.74, 6) is -1.70. The number of hydrogen-bond acceptors (Lipinski definition) is 7. The van der Waals surface area contributed by atoms with Gasteiger partial charge in [-0.3, -0.25) is 9.58 Å². The van der Waals surface area contributed by atoms with E-state index in [1.807, 2.05) is 38.1 Å². The molecule has 2 N–H and O–H groups in total. The predicted octanol–water partition coefficient (Wildman–Crippen LogP) is 5.64. The van der Waals surface area contributed by atoms with Crippen LogP contribution < -0.4 is 10.2 Å². The second-order valence-corrected chi connectivity index (χ2v) is 11.7. The third-order valence-electron chi connectivity index (χ3n) is 7.54. The quantitative estimate of drug-likeness (QED) is 0.185. The lowest BCUT2D eigenvalue weighted by Gasteiger charge is -2.35. The average Bonchev–Trinajstić information content (AvgIpc) is 3.68. The molecule has 0 aliphatic rings. The maximum atomic E-state index is 15.1. The van der Waals surface area contributed by atoms with Crippen LogP contribution in [0.25, 0.3) is 0 Å². The summed E-state index contributed by atoms with van der Waals surface area (Å²) >= 11 is 0. The van der Waals surface area contributed by atoms with Crippen molar-refractivity contribution in [1.82, 2.24) is 24.5 Å². The number of urea groups is 1. The van der Waals surface area contributed by atoms with E-state index in [1.165, 1.54) is 39.2 Å². The molecule has 4 rings (SSSR count). The third kappa shape index (κ3) is 8.10. The molecule has 45 heavy (non-hydrogen) atoms. The minimum atomic E-state index is -1.95. The molecule has 0 radical (unpaired) electrons. The number of amides is 2. The van der Waals surface area contributed by atoms with Crippen molar-refractivity contribution in [1.29, 1.82) is 0 Å². The Morgan fingerprint density at radius 2 is 1.76 bits per heavy atom. The highest BCUT2D eigenvalue weighted by atomic mass is 19.1. The van der Waals surface area contributed by atoms with Gasteiger partial charge in [0.2, 0.25) is 0 Å². The first kappa shape index (κ1) is 33.7. The summed E-state index contributed by atoms with van der Waals surface area (Å²) in [6, 6.07) is 9.22. The number of nitrogens with one attached hydrogen (secondary N) is 1. The summed E-state index contributed by atoms with van der Waals surface area (Å²) in [7, 11) is 0. The molecule has 0 aliphatic carbocycles. The number of anilines is 2. The second kappa shape index (κ2) is 14.3. The largest absolute Gasteiger partial charge is 0.381 e. The van der Waals surface area contributed by atoms with Gasteiger partial charge in [-0.1, -0.05) is 39.0 Å². The number of benzene rings is 2. The van der Waals surface area contributed by atoms with Crippen molar-refractivity contribution >= 4 is 17.4 Å². The van der Waals surface area contributed by atoms with Crippen LogP contribution >= 0.6 is 0 Å². The fourth-order valence-corrected chi connectivity index (χ4v) is 4.97. The molecule has 0 fully saturated rings. The van der Waals surface area contributed by atoms with Crippen LogP contribution in [0.1, 0.15) is 58.7 Å². The highest BCUT2D eigenvalue weighted by molar-refractivity contribution is 6.01. The van der Waals surface area contributed by atoms with Gasteiger partial charge in [0, 0.05) is 36.7 Å². The Bertz CT molecular complexity index is 1530. The smallest absolute Gasteiger partial charge is 0.326 e. The molecule has 4 aromatic rings. The number of hydrogen-bond donors (Lipinski definition) is 2. The van der Waals surface area contributed by atoms with Gasteiger partial charge in [0.15, 0.2) is 6.29 Å². The van der Waals surface area contributed by atoms with Gasteiger partial charge in [0.1, 0.15) is 29.9 Å². The van der Waals surface area contributed by atoms with E-state index < -0.39 is 35.6 Å². The molecular weight excluding hydrogens is 584 g/mol. The van der Waals surface area contributed by atoms with E-state index >= 15 is 4.39 Å². The highest BCUT2D eigenvalue weighted by Crippen LogP contribution is 2.37. The van der Waals surface area contributed by atoms with Crippen LogP contribution in [0.2, 0.25) is 0 Å². The number of aromatic nitrogens is 5. The zero-order chi connectivity index (χ0) is 32.8. The van der Waals surface area contributed by atoms with E-state index in [0.717, 1.165) is 11.6 Å². The van der Waals surface area contributed by atoms with Crippen molar-refractivity contribution in [3.63, 3.8) is 0 Å². The van der Waals surface area contributed by atoms with Gasteiger partial charge in [-0.2, -0.15) is 10.2 Å². The Morgan fingerprint density at radius 1 is 1.07 bits per heavy atom. The molecule has 2 aromatic carbocycles. The molecule has 2 aromatic heterocycles. The number of carbonyl (C=O) groups is 1. The topological polar surface area (TPSA) is 120 Å². The van der Waals surface area contributed by atoms with Crippen molar-refractivity contribution in [3.8, 4) is 0 Å². The number of nitrogens with zero attached hydrogens (tertiary/aromatic N) is 6. The van der Waals surface area contributed by atoms with Crippen LogP contribution in [0.4, 0.5) is 25.0 Å². The van der Waals surface area contributed by atoms with Crippen LogP contribution in [0.3, 0.4) is 0 Å². The standard InChI is InChI=1S/C32H41F2N7O4/c1-7-44-29(45-8-2)18-40(30(42)38-25-12-9-23(10-13-25)31(4,5)6)26-16-36-41(17-26)22(3)32(43,19-39-21-35-20-37-39)27-14-11-24(33)15-28(27)34/h9-17,20-22,29,43H,7-8,18-19H2,1-6H3,(H,38,42)/t22-,32-/m1/s1. The molecule has 242 valence electrons. The molecule has 2 atom stereocenters. The van der Waals surface area contributed by atoms with Gasteiger partial charge in [-0.15, -0.1) is 0 Å². The minimum Gasteiger partial charge on any atom is -0.381 e. The van der Waals surface area contributed by atoms with E-state index in [4.69, 9.17) is 9.47 Å². The molecule has 0 unspecified atom stereocenters. The van der Waals surface area contributed by atoms with E-state index in [2.05, 4.69) is 41.3 Å². The van der Waals surface area contributed by atoms with Crippen molar-refractivity contribution in [2.75, 3.05) is 30.0 Å².